The van der Waals surface area contributed by atoms with Gasteiger partial charge in [0.1, 0.15) is 17.9 Å². The zero-order valence-corrected chi connectivity index (χ0v) is 28.8. The van der Waals surface area contributed by atoms with Crippen molar-refractivity contribution in [1.29, 1.82) is 0 Å². The number of carbonyl (C=O) groups is 3. The summed E-state index contributed by atoms with van der Waals surface area (Å²) in [6.45, 7) is 9.48. The van der Waals surface area contributed by atoms with Crippen LogP contribution in [0, 0.1) is 6.92 Å². The van der Waals surface area contributed by atoms with Crippen LogP contribution in [0.4, 0.5) is 5.69 Å². The van der Waals surface area contributed by atoms with E-state index < -0.39 is 5.91 Å². The van der Waals surface area contributed by atoms with Crippen LogP contribution in [-0.4, -0.2) is 73.4 Å². The van der Waals surface area contributed by atoms with Crippen molar-refractivity contribution in [2.24, 2.45) is 0 Å². The van der Waals surface area contributed by atoms with Gasteiger partial charge in [0, 0.05) is 57.4 Å². The third kappa shape index (κ3) is 8.64. The lowest BCUT2D eigenvalue weighted by Crippen LogP contribution is -2.51. The number of likely N-dealkylation sites (tertiary alicyclic amines) is 1. The molecule has 0 saturated carbocycles. The summed E-state index contributed by atoms with van der Waals surface area (Å²) in [5, 5.41) is 5.51. The molecule has 0 unspecified atom stereocenters. The first kappa shape index (κ1) is 34.9. The van der Waals surface area contributed by atoms with Gasteiger partial charge in [-0.15, -0.1) is 0 Å². The van der Waals surface area contributed by atoms with Crippen LogP contribution in [0.1, 0.15) is 34.5 Å². The molecule has 2 aliphatic heterocycles. The highest BCUT2D eigenvalue weighted by Crippen LogP contribution is 2.25. The van der Waals surface area contributed by atoms with Crippen LogP contribution in [0.5, 0.6) is 5.75 Å². The molecule has 2 fully saturated rings. The Balaban J connectivity index is 0.000000344. The number of hydrogen-bond donors (Lipinski definition) is 1. The first-order chi connectivity index (χ1) is 24.8. The molecule has 0 radical (unpaired) electrons. The van der Waals surface area contributed by atoms with Gasteiger partial charge in [0.05, 0.1) is 11.9 Å². The summed E-state index contributed by atoms with van der Waals surface area (Å²) in [4.78, 5) is 56.1. The van der Waals surface area contributed by atoms with Gasteiger partial charge in [0.15, 0.2) is 11.2 Å². The maximum atomic E-state index is 12.8. The van der Waals surface area contributed by atoms with Gasteiger partial charge >= 0.3 is 0 Å². The molecule has 7 rings (SSSR count). The molecule has 51 heavy (non-hydrogen) atoms. The number of amides is 3. The van der Waals surface area contributed by atoms with Gasteiger partial charge in [-0.05, 0) is 53.9 Å². The van der Waals surface area contributed by atoms with Gasteiger partial charge in [-0.2, -0.15) is 0 Å². The lowest BCUT2D eigenvalue weighted by atomic mass is 10.1. The second-order valence-corrected chi connectivity index (χ2v) is 12.7. The number of para-hydroxylation sites is 1. The minimum Gasteiger partial charge on any atom is -0.490 e. The molecule has 3 amide bonds. The summed E-state index contributed by atoms with van der Waals surface area (Å²) >= 11 is 0. The van der Waals surface area contributed by atoms with Crippen LogP contribution in [0.25, 0.3) is 21.7 Å². The number of ether oxygens (including phenoxy) is 1. The van der Waals surface area contributed by atoms with Crippen LogP contribution in [-0.2, 0) is 16.1 Å². The number of benzene rings is 4. The first-order valence-corrected chi connectivity index (χ1v) is 17.2. The molecule has 5 aromatic rings. The Hall–Kier alpha value is -5.90. The molecule has 0 spiro atoms. The molecule has 0 aliphatic carbocycles. The molecule has 1 N–H and O–H groups in total. The van der Waals surface area contributed by atoms with Gasteiger partial charge in [-0.3, -0.25) is 19.2 Å². The monoisotopic (exact) mass is 686 g/mol. The molecule has 10 nitrogen and oxygen atoms in total. The predicted octanol–water partition coefficient (Wildman–Crippen LogP) is 5.71. The third-order valence-corrected chi connectivity index (χ3v) is 9.09. The Morgan fingerprint density at radius 3 is 2.41 bits per heavy atom. The maximum absolute atomic E-state index is 12.8. The van der Waals surface area contributed by atoms with Crippen LogP contribution >= 0.6 is 0 Å². The van der Waals surface area contributed by atoms with E-state index >= 15 is 0 Å². The van der Waals surface area contributed by atoms with Crippen LogP contribution in [0.2, 0.25) is 0 Å². The lowest BCUT2D eigenvalue weighted by Gasteiger charge is -2.37. The standard InChI is InChI=1S/C30H32N4O6.C11H10/c1-2-16-39-22-9-10-26-23(17-22)25(35)18-27(40-26)30(38)31-19-29(37)33-14-12-32(13-15-33)24-7-4-3-6-21(24)20-34-11-5-8-28(34)36;1-9-6-7-10-4-2-3-5-11(10)8-9/h2-4,6-7,9-10,17-18H,1,5,8,11-16,19-20H2,(H,31,38);2-8H,1H3. The number of nitrogens with zero attached hydrogens (tertiary/aromatic N) is 3. The van der Waals surface area contributed by atoms with Crippen molar-refractivity contribution in [3.63, 3.8) is 0 Å². The number of aryl methyl sites for hydroxylation is 1. The van der Waals surface area contributed by atoms with Crippen molar-refractivity contribution in [2.75, 3.05) is 50.8 Å². The van der Waals surface area contributed by atoms with E-state index in [1.165, 1.54) is 16.3 Å². The van der Waals surface area contributed by atoms with E-state index in [1.807, 2.05) is 17.0 Å². The molecule has 0 atom stereocenters. The maximum Gasteiger partial charge on any atom is 0.287 e. The van der Waals surface area contributed by atoms with Crippen molar-refractivity contribution in [2.45, 2.75) is 26.3 Å². The Morgan fingerprint density at radius 2 is 1.65 bits per heavy atom. The summed E-state index contributed by atoms with van der Waals surface area (Å²) in [5.74, 6) is -0.326. The van der Waals surface area contributed by atoms with E-state index in [2.05, 4.69) is 78.3 Å². The van der Waals surface area contributed by atoms with Crippen molar-refractivity contribution >= 4 is 45.2 Å². The summed E-state index contributed by atoms with van der Waals surface area (Å²) in [6, 6.07) is 28.9. The normalized spacial score (nSPS) is 14.3. The number of hydrogen-bond acceptors (Lipinski definition) is 7. The summed E-state index contributed by atoms with van der Waals surface area (Å²) < 4.78 is 11.1. The Bertz CT molecular complexity index is 2120. The van der Waals surface area contributed by atoms with Crippen molar-refractivity contribution in [3.8, 4) is 5.75 Å². The average Bonchev–Trinajstić information content (AvgIpc) is 3.56. The fourth-order valence-electron chi connectivity index (χ4n) is 6.38. The van der Waals surface area contributed by atoms with Crippen LogP contribution in [0.15, 0.2) is 113 Å². The van der Waals surface area contributed by atoms with Crippen molar-refractivity contribution in [3.05, 3.63) is 131 Å². The number of fused-ring (bicyclic) bond motifs is 2. The van der Waals surface area contributed by atoms with E-state index in [0.29, 0.717) is 56.9 Å². The molecule has 262 valence electrons. The summed E-state index contributed by atoms with van der Waals surface area (Å²) in [6.07, 6.45) is 3.11. The van der Waals surface area contributed by atoms with Gasteiger partial charge in [0.2, 0.25) is 11.8 Å². The largest absolute Gasteiger partial charge is 0.490 e. The highest BCUT2D eigenvalue weighted by molar-refractivity contribution is 5.95. The topological polar surface area (TPSA) is 112 Å². The SMILES string of the molecule is C=CCOc1ccc2oc(C(=O)NCC(=O)N3CCN(c4ccccc4CN4CCCC4=O)CC3)cc(=O)c2c1.Cc1ccc2ccccc2c1. The fraction of sp³-hybridized carbons (Fsp3) is 0.268. The minimum absolute atomic E-state index is 0.164. The molecule has 10 heteroatoms. The van der Waals surface area contributed by atoms with Crippen molar-refractivity contribution < 1.29 is 23.5 Å². The zero-order chi connectivity index (χ0) is 35.7. The molecule has 2 saturated heterocycles. The predicted molar refractivity (Wildman–Crippen MR) is 199 cm³/mol. The lowest BCUT2D eigenvalue weighted by molar-refractivity contribution is -0.130. The molecule has 4 aromatic carbocycles. The number of anilines is 1. The molecule has 0 bridgehead atoms. The number of carbonyl (C=O) groups excluding carboxylic acids is 3. The Labute approximate surface area is 296 Å². The highest BCUT2D eigenvalue weighted by atomic mass is 16.5. The summed E-state index contributed by atoms with van der Waals surface area (Å²) in [7, 11) is 0. The van der Waals surface area contributed by atoms with E-state index in [-0.39, 0.29) is 35.1 Å². The molecular weight excluding hydrogens is 644 g/mol. The van der Waals surface area contributed by atoms with Gasteiger partial charge < -0.3 is 29.2 Å². The second-order valence-electron chi connectivity index (χ2n) is 12.7. The fourth-order valence-corrected chi connectivity index (χ4v) is 6.38. The van der Waals surface area contributed by atoms with Gasteiger partial charge in [-0.25, -0.2) is 0 Å². The smallest absolute Gasteiger partial charge is 0.287 e. The first-order valence-electron chi connectivity index (χ1n) is 17.2. The molecular formula is C41H42N4O6. The van der Waals surface area contributed by atoms with E-state index in [0.717, 1.165) is 30.3 Å². The third-order valence-electron chi connectivity index (χ3n) is 9.09. The number of piperazine rings is 1. The molecule has 1 aromatic heterocycles. The van der Waals surface area contributed by atoms with Crippen LogP contribution in [0.3, 0.4) is 0 Å². The van der Waals surface area contributed by atoms with Crippen LogP contribution < -0.4 is 20.4 Å². The quantitative estimate of drug-likeness (QED) is 0.198. The molecule has 3 heterocycles. The number of rotatable bonds is 9. The van der Waals surface area contributed by atoms with Crippen molar-refractivity contribution in [1.82, 2.24) is 15.1 Å². The highest BCUT2D eigenvalue weighted by Gasteiger charge is 2.25. The zero-order valence-electron chi connectivity index (χ0n) is 28.8. The molecule has 2 aliphatic rings. The minimum atomic E-state index is -0.636. The van der Waals surface area contributed by atoms with E-state index in [4.69, 9.17) is 9.15 Å². The Morgan fingerprint density at radius 1 is 0.882 bits per heavy atom. The average molecular weight is 687 g/mol. The summed E-state index contributed by atoms with van der Waals surface area (Å²) in [5.41, 5.74) is 3.37. The van der Waals surface area contributed by atoms with E-state index in [9.17, 15) is 19.2 Å². The second kappa shape index (κ2) is 16.2. The number of nitrogens with one attached hydrogen (secondary N) is 1. The Kier molecular flexibility index (Phi) is 11.1. The van der Waals surface area contributed by atoms with Gasteiger partial charge in [-0.1, -0.05) is 78.9 Å². The van der Waals surface area contributed by atoms with E-state index in [1.54, 1.807) is 29.2 Å². The van der Waals surface area contributed by atoms with Gasteiger partial charge in [0.25, 0.3) is 5.91 Å².